The summed E-state index contributed by atoms with van der Waals surface area (Å²) < 4.78 is 5.56. The Bertz CT molecular complexity index is 1250. The lowest BCUT2D eigenvalue weighted by Gasteiger charge is -2.11. The molecule has 0 aliphatic heterocycles. The van der Waals surface area contributed by atoms with Crippen LogP contribution in [0.15, 0.2) is 71.8 Å². The van der Waals surface area contributed by atoms with Crippen molar-refractivity contribution >= 4 is 40.8 Å². The highest BCUT2D eigenvalue weighted by Crippen LogP contribution is 2.22. The summed E-state index contributed by atoms with van der Waals surface area (Å²) in [4.78, 5) is 36.9. The van der Waals surface area contributed by atoms with Gasteiger partial charge < -0.3 is 10.1 Å². The second-order valence-electron chi connectivity index (χ2n) is 7.26. The van der Waals surface area contributed by atoms with E-state index in [-0.39, 0.29) is 5.75 Å². The van der Waals surface area contributed by atoms with Crippen molar-refractivity contribution in [1.29, 1.82) is 0 Å². The molecule has 0 saturated heterocycles. The molecular weight excluding hydrogens is 442 g/mol. The van der Waals surface area contributed by atoms with E-state index in [1.54, 1.807) is 61.5 Å². The Morgan fingerprint density at radius 2 is 1.52 bits per heavy atom. The van der Waals surface area contributed by atoms with E-state index in [0.29, 0.717) is 27.5 Å². The van der Waals surface area contributed by atoms with E-state index in [2.05, 4.69) is 15.8 Å². The average molecular weight is 464 g/mol. The van der Waals surface area contributed by atoms with Gasteiger partial charge in [-0.1, -0.05) is 48.0 Å². The van der Waals surface area contributed by atoms with Gasteiger partial charge in [-0.15, -0.1) is 0 Å². The summed E-state index contributed by atoms with van der Waals surface area (Å²) in [7, 11) is 0. The van der Waals surface area contributed by atoms with Gasteiger partial charge in [0.2, 0.25) is 0 Å². The molecule has 2 N–H and O–H groups in total. The van der Waals surface area contributed by atoms with Gasteiger partial charge in [0.05, 0.1) is 11.3 Å². The Morgan fingerprint density at radius 3 is 2.21 bits per heavy atom. The summed E-state index contributed by atoms with van der Waals surface area (Å²) in [6, 6.07) is 18.8. The van der Waals surface area contributed by atoms with Crippen molar-refractivity contribution in [2.75, 3.05) is 5.32 Å². The highest BCUT2D eigenvalue weighted by molar-refractivity contribution is 6.40. The van der Waals surface area contributed by atoms with Gasteiger partial charge in [-0.05, 0) is 62.2 Å². The van der Waals surface area contributed by atoms with Gasteiger partial charge in [-0.2, -0.15) is 5.10 Å². The van der Waals surface area contributed by atoms with Gasteiger partial charge >= 0.3 is 17.8 Å². The number of hydrogen-bond acceptors (Lipinski definition) is 5. The van der Waals surface area contributed by atoms with Gasteiger partial charge in [-0.25, -0.2) is 10.2 Å². The molecule has 0 heterocycles. The number of hydrogen-bond donors (Lipinski definition) is 2. The Labute approximate surface area is 196 Å². The van der Waals surface area contributed by atoms with Crippen LogP contribution in [0.25, 0.3) is 0 Å². The molecule has 0 fully saturated rings. The van der Waals surface area contributed by atoms with Crippen LogP contribution in [0.5, 0.6) is 5.75 Å². The molecule has 0 aromatic heterocycles. The maximum Gasteiger partial charge on any atom is 0.343 e. The highest BCUT2D eigenvalue weighted by Gasteiger charge is 2.16. The number of halogens is 1. The number of amides is 2. The zero-order valence-corrected chi connectivity index (χ0v) is 19.1. The number of ether oxygens (including phenoxy) is 1. The van der Waals surface area contributed by atoms with Gasteiger partial charge in [-0.3, -0.25) is 9.59 Å². The summed E-state index contributed by atoms with van der Waals surface area (Å²) in [5.41, 5.74) is 5.53. The van der Waals surface area contributed by atoms with Crippen molar-refractivity contribution in [3.63, 3.8) is 0 Å². The number of nitrogens with one attached hydrogen (secondary N) is 2. The number of aryl methyl sites for hydroxylation is 2. The van der Waals surface area contributed by atoms with Crippen molar-refractivity contribution in [3.05, 3.63) is 94.0 Å². The number of para-hydroxylation sites is 1. The first kappa shape index (κ1) is 23.7. The van der Waals surface area contributed by atoms with Crippen molar-refractivity contribution in [1.82, 2.24) is 5.43 Å². The summed E-state index contributed by atoms with van der Waals surface area (Å²) in [6.45, 7) is 5.27. The molecule has 0 radical (unpaired) electrons. The Morgan fingerprint density at radius 1 is 0.848 bits per heavy atom. The molecule has 8 heteroatoms. The van der Waals surface area contributed by atoms with E-state index in [4.69, 9.17) is 16.3 Å². The summed E-state index contributed by atoms with van der Waals surface area (Å²) >= 11 is 6.04. The lowest BCUT2D eigenvalue weighted by molar-refractivity contribution is -0.136. The van der Waals surface area contributed by atoms with Gasteiger partial charge in [0.25, 0.3) is 0 Å². The molecule has 0 aliphatic rings. The molecule has 0 aliphatic carbocycles. The predicted molar refractivity (Wildman–Crippen MR) is 128 cm³/mol. The first-order valence-corrected chi connectivity index (χ1v) is 10.4. The average Bonchev–Trinajstić information content (AvgIpc) is 2.80. The predicted octanol–water partition coefficient (Wildman–Crippen LogP) is 4.65. The van der Waals surface area contributed by atoms with Crippen LogP contribution >= 0.6 is 11.6 Å². The number of nitrogens with zero attached hydrogens (tertiary/aromatic N) is 1. The van der Waals surface area contributed by atoms with E-state index in [1.165, 1.54) is 0 Å². The van der Waals surface area contributed by atoms with E-state index < -0.39 is 17.8 Å². The molecule has 0 unspecified atom stereocenters. The third-order valence-electron chi connectivity index (χ3n) is 4.81. The SMILES string of the molecule is CC(=NNC(=O)C(=O)Nc1ccc(C)c(Cl)c1)c1ccccc1OC(=O)c1ccccc1C. The van der Waals surface area contributed by atoms with Gasteiger partial charge in [0, 0.05) is 16.3 Å². The smallest absolute Gasteiger partial charge is 0.343 e. The zero-order chi connectivity index (χ0) is 24.0. The molecule has 168 valence electrons. The fourth-order valence-electron chi connectivity index (χ4n) is 2.92. The largest absolute Gasteiger partial charge is 0.422 e. The molecule has 33 heavy (non-hydrogen) atoms. The lowest BCUT2D eigenvalue weighted by Crippen LogP contribution is -2.33. The standard InChI is InChI=1S/C25H22ClN3O4/c1-15-8-4-5-9-19(15)25(32)33-22-11-7-6-10-20(22)17(3)28-29-24(31)23(30)27-18-13-12-16(2)21(26)14-18/h4-14H,1-3H3,(H,27,30)(H,29,31). The lowest BCUT2D eigenvalue weighted by atomic mass is 10.1. The van der Waals surface area contributed by atoms with Crippen LogP contribution < -0.4 is 15.5 Å². The highest BCUT2D eigenvalue weighted by atomic mass is 35.5. The van der Waals surface area contributed by atoms with Crippen LogP contribution in [0.4, 0.5) is 5.69 Å². The topological polar surface area (TPSA) is 96.9 Å². The van der Waals surface area contributed by atoms with E-state index in [0.717, 1.165) is 11.1 Å². The molecule has 0 saturated carbocycles. The normalized spacial score (nSPS) is 11.0. The van der Waals surface area contributed by atoms with Crippen LogP contribution in [0.2, 0.25) is 5.02 Å². The first-order valence-electron chi connectivity index (χ1n) is 10.0. The minimum atomic E-state index is -0.958. The van der Waals surface area contributed by atoms with Crippen LogP contribution in [-0.4, -0.2) is 23.5 Å². The Kier molecular flexibility index (Phi) is 7.58. The molecule has 0 atom stereocenters. The zero-order valence-electron chi connectivity index (χ0n) is 18.3. The number of hydrazone groups is 1. The van der Waals surface area contributed by atoms with Crippen molar-refractivity contribution in [2.24, 2.45) is 5.10 Å². The third-order valence-corrected chi connectivity index (χ3v) is 5.21. The van der Waals surface area contributed by atoms with Crippen LogP contribution in [0.1, 0.15) is 34.0 Å². The molecule has 7 nitrogen and oxygen atoms in total. The maximum atomic E-state index is 12.6. The molecule has 0 bridgehead atoms. The quantitative estimate of drug-likeness (QED) is 0.189. The van der Waals surface area contributed by atoms with Crippen LogP contribution in [0, 0.1) is 13.8 Å². The van der Waals surface area contributed by atoms with Crippen LogP contribution in [0.3, 0.4) is 0 Å². The molecule has 3 rings (SSSR count). The number of anilines is 1. The van der Waals surface area contributed by atoms with E-state index >= 15 is 0 Å². The maximum absolute atomic E-state index is 12.6. The first-order chi connectivity index (χ1) is 15.8. The van der Waals surface area contributed by atoms with Gasteiger partial charge in [0.1, 0.15) is 5.75 Å². The van der Waals surface area contributed by atoms with E-state index in [9.17, 15) is 14.4 Å². The summed E-state index contributed by atoms with van der Waals surface area (Å²) in [5.74, 6) is -2.08. The van der Waals surface area contributed by atoms with Crippen molar-refractivity contribution < 1.29 is 19.1 Å². The molecular formula is C25H22ClN3O4. The van der Waals surface area contributed by atoms with Crippen molar-refractivity contribution in [2.45, 2.75) is 20.8 Å². The number of esters is 1. The summed E-state index contributed by atoms with van der Waals surface area (Å²) in [5, 5.41) is 6.92. The van der Waals surface area contributed by atoms with Gasteiger partial charge in [0.15, 0.2) is 0 Å². The van der Waals surface area contributed by atoms with E-state index in [1.807, 2.05) is 26.0 Å². The molecule has 3 aromatic rings. The number of carbonyl (C=O) groups excluding carboxylic acids is 3. The number of rotatable bonds is 5. The number of benzene rings is 3. The van der Waals surface area contributed by atoms with Crippen molar-refractivity contribution in [3.8, 4) is 5.75 Å². The third kappa shape index (κ3) is 6.05. The molecule has 3 aromatic carbocycles. The fourth-order valence-corrected chi connectivity index (χ4v) is 3.10. The molecule has 0 spiro atoms. The Hall–Kier alpha value is -3.97. The number of carbonyl (C=O) groups is 3. The minimum absolute atomic E-state index is 0.278. The Balaban J connectivity index is 1.69. The second kappa shape index (κ2) is 10.6. The minimum Gasteiger partial charge on any atom is -0.422 e. The summed E-state index contributed by atoms with van der Waals surface area (Å²) in [6.07, 6.45) is 0. The monoisotopic (exact) mass is 463 g/mol. The molecule has 2 amide bonds. The second-order valence-corrected chi connectivity index (χ2v) is 7.66. The fraction of sp³-hybridized carbons (Fsp3) is 0.120. The van der Waals surface area contributed by atoms with Crippen LogP contribution in [-0.2, 0) is 9.59 Å².